The molecule has 0 saturated carbocycles. The predicted octanol–water partition coefficient (Wildman–Crippen LogP) is 1.53. The van der Waals surface area contributed by atoms with Crippen molar-refractivity contribution in [1.29, 1.82) is 0 Å². The SMILES string of the molecule is CC(C)(C)OC(=O)N=C(CO)CCC1CO1. The summed E-state index contributed by atoms with van der Waals surface area (Å²) in [6, 6.07) is 0. The van der Waals surface area contributed by atoms with Gasteiger partial charge in [-0.25, -0.2) is 4.79 Å². The molecule has 1 aliphatic heterocycles. The van der Waals surface area contributed by atoms with Gasteiger partial charge in [0.2, 0.25) is 0 Å². The maximum atomic E-state index is 11.3. The van der Waals surface area contributed by atoms with Gasteiger partial charge < -0.3 is 14.6 Å². The van der Waals surface area contributed by atoms with Crippen LogP contribution in [0.1, 0.15) is 33.6 Å². The van der Waals surface area contributed by atoms with Crippen molar-refractivity contribution in [3.05, 3.63) is 0 Å². The van der Waals surface area contributed by atoms with Gasteiger partial charge in [-0.05, 0) is 33.6 Å². The second kappa shape index (κ2) is 5.41. The zero-order valence-corrected chi connectivity index (χ0v) is 10.0. The van der Waals surface area contributed by atoms with Crippen molar-refractivity contribution < 1.29 is 19.4 Å². The zero-order valence-electron chi connectivity index (χ0n) is 10.0. The number of aliphatic hydroxyl groups is 1. The first-order valence-electron chi connectivity index (χ1n) is 5.42. The van der Waals surface area contributed by atoms with Gasteiger partial charge in [0.15, 0.2) is 0 Å². The molecule has 1 unspecified atom stereocenters. The van der Waals surface area contributed by atoms with E-state index in [9.17, 15) is 4.79 Å². The van der Waals surface area contributed by atoms with Gasteiger partial charge in [0.1, 0.15) is 5.60 Å². The molecule has 0 bridgehead atoms. The Morgan fingerprint density at radius 2 is 2.19 bits per heavy atom. The highest BCUT2D eigenvalue weighted by Gasteiger charge is 2.23. The third-order valence-corrected chi connectivity index (χ3v) is 1.98. The zero-order chi connectivity index (χ0) is 12.2. The highest BCUT2D eigenvalue weighted by Crippen LogP contribution is 2.16. The number of aliphatic imine (C=N–C) groups is 1. The molecule has 0 aliphatic carbocycles. The average molecular weight is 229 g/mol. The Balaban J connectivity index is 2.39. The van der Waals surface area contributed by atoms with Crippen molar-refractivity contribution in [2.24, 2.45) is 4.99 Å². The van der Waals surface area contributed by atoms with E-state index < -0.39 is 11.7 Å². The molecule has 1 rings (SSSR count). The first-order valence-corrected chi connectivity index (χ1v) is 5.42. The number of ether oxygens (including phenoxy) is 2. The van der Waals surface area contributed by atoms with Gasteiger partial charge >= 0.3 is 6.09 Å². The van der Waals surface area contributed by atoms with Gasteiger partial charge in [-0.15, -0.1) is 0 Å². The molecule has 1 amide bonds. The first-order chi connectivity index (χ1) is 7.40. The summed E-state index contributed by atoms with van der Waals surface area (Å²) >= 11 is 0. The monoisotopic (exact) mass is 229 g/mol. The quantitative estimate of drug-likeness (QED) is 0.586. The number of carbonyl (C=O) groups excluding carboxylic acids is 1. The Bertz CT molecular complexity index is 276. The van der Waals surface area contributed by atoms with Crippen LogP contribution in [0.25, 0.3) is 0 Å². The highest BCUT2D eigenvalue weighted by atomic mass is 16.6. The number of aliphatic hydroxyl groups excluding tert-OH is 1. The summed E-state index contributed by atoms with van der Waals surface area (Å²) in [7, 11) is 0. The molecule has 1 atom stereocenters. The molecule has 0 aromatic heterocycles. The Morgan fingerprint density at radius 3 is 2.62 bits per heavy atom. The van der Waals surface area contributed by atoms with Crippen LogP contribution >= 0.6 is 0 Å². The summed E-state index contributed by atoms with van der Waals surface area (Å²) < 4.78 is 10.1. The molecule has 16 heavy (non-hydrogen) atoms. The predicted molar refractivity (Wildman–Crippen MR) is 59.7 cm³/mol. The lowest BCUT2D eigenvalue weighted by Crippen LogP contribution is -2.23. The van der Waals surface area contributed by atoms with E-state index in [-0.39, 0.29) is 12.7 Å². The summed E-state index contributed by atoms with van der Waals surface area (Å²) in [6.45, 7) is 5.88. The summed E-state index contributed by atoms with van der Waals surface area (Å²) in [6.07, 6.45) is 0.992. The Labute approximate surface area is 95.5 Å². The molecular formula is C11H19NO4. The van der Waals surface area contributed by atoms with E-state index in [0.29, 0.717) is 12.1 Å². The molecule has 0 aromatic rings. The van der Waals surface area contributed by atoms with Crippen LogP contribution in [0, 0.1) is 0 Å². The minimum atomic E-state index is -0.645. The third-order valence-electron chi connectivity index (χ3n) is 1.98. The van der Waals surface area contributed by atoms with E-state index in [2.05, 4.69) is 4.99 Å². The molecule has 0 spiro atoms. The van der Waals surface area contributed by atoms with E-state index >= 15 is 0 Å². The van der Waals surface area contributed by atoms with Gasteiger partial charge in [0.05, 0.1) is 25.0 Å². The van der Waals surface area contributed by atoms with Crippen molar-refractivity contribution in [3.8, 4) is 0 Å². The summed E-state index contributed by atoms with van der Waals surface area (Å²) in [5, 5.41) is 9.03. The fourth-order valence-electron chi connectivity index (χ4n) is 1.15. The second-order valence-corrected chi connectivity index (χ2v) is 4.81. The van der Waals surface area contributed by atoms with Crippen LogP contribution in [0.2, 0.25) is 0 Å². The molecule has 1 saturated heterocycles. The molecule has 5 nitrogen and oxygen atoms in total. The topological polar surface area (TPSA) is 71.4 Å². The number of rotatable bonds is 4. The highest BCUT2D eigenvalue weighted by molar-refractivity contribution is 5.94. The van der Waals surface area contributed by atoms with Gasteiger partial charge in [0.25, 0.3) is 0 Å². The van der Waals surface area contributed by atoms with Crippen molar-refractivity contribution in [1.82, 2.24) is 0 Å². The van der Waals surface area contributed by atoms with Crippen LogP contribution in [0.4, 0.5) is 4.79 Å². The molecule has 1 heterocycles. The molecule has 1 N–H and O–H groups in total. The van der Waals surface area contributed by atoms with Crippen LogP contribution in [0.15, 0.2) is 4.99 Å². The number of carbonyl (C=O) groups is 1. The average Bonchev–Trinajstić information content (AvgIpc) is 2.92. The second-order valence-electron chi connectivity index (χ2n) is 4.81. The van der Waals surface area contributed by atoms with Crippen LogP contribution < -0.4 is 0 Å². The van der Waals surface area contributed by atoms with Crippen molar-refractivity contribution in [3.63, 3.8) is 0 Å². The van der Waals surface area contributed by atoms with E-state index in [1.54, 1.807) is 20.8 Å². The lowest BCUT2D eigenvalue weighted by Gasteiger charge is -2.17. The fraction of sp³-hybridized carbons (Fsp3) is 0.818. The molecule has 0 aromatic carbocycles. The van der Waals surface area contributed by atoms with Crippen LogP contribution in [-0.2, 0) is 9.47 Å². The Hall–Kier alpha value is -0.940. The Morgan fingerprint density at radius 1 is 1.56 bits per heavy atom. The van der Waals surface area contributed by atoms with Gasteiger partial charge in [0, 0.05) is 0 Å². The van der Waals surface area contributed by atoms with Crippen LogP contribution in [0.3, 0.4) is 0 Å². The van der Waals surface area contributed by atoms with E-state index in [0.717, 1.165) is 13.0 Å². The van der Waals surface area contributed by atoms with E-state index in [1.165, 1.54) is 0 Å². The summed E-state index contributed by atoms with van der Waals surface area (Å²) in [4.78, 5) is 15.1. The van der Waals surface area contributed by atoms with Crippen LogP contribution in [-0.4, -0.2) is 41.8 Å². The van der Waals surface area contributed by atoms with Gasteiger partial charge in [-0.3, -0.25) is 0 Å². The largest absolute Gasteiger partial charge is 0.442 e. The molecule has 1 aliphatic rings. The summed E-state index contributed by atoms with van der Waals surface area (Å²) in [5.41, 5.74) is -0.106. The first kappa shape index (κ1) is 13.1. The fourth-order valence-corrected chi connectivity index (χ4v) is 1.15. The molecular weight excluding hydrogens is 210 g/mol. The van der Waals surface area contributed by atoms with Crippen molar-refractivity contribution in [2.75, 3.05) is 13.2 Å². The lowest BCUT2D eigenvalue weighted by atomic mass is 10.2. The van der Waals surface area contributed by atoms with Gasteiger partial charge in [-0.1, -0.05) is 0 Å². The van der Waals surface area contributed by atoms with Crippen molar-refractivity contribution in [2.45, 2.75) is 45.3 Å². The molecule has 1 fully saturated rings. The lowest BCUT2D eigenvalue weighted by molar-refractivity contribution is 0.0602. The normalized spacial score (nSPS) is 20.8. The number of amides is 1. The maximum absolute atomic E-state index is 11.3. The van der Waals surface area contributed by atoms with E-state index in [1.807, 2.05) is 0 Å². The van der Waals surface area contributed by atoms with Gasteiger partial charge in [-0.2, -0.15) is 4.99 Å². The third kappa shape index (κ3) is 5.82. The Kier molecular flexibility index (Phi) is 4.44. The minimum absolute atomic E-state index is 0.216. The van der Waals surface area contributed by atoms with Crippen molar-refractivity contribution >= 4 is 11.8 Å². The standard InChI is InChI=1S/C11H19NO4/c1-11(2,3)16-10(14)12-8(6-13)4-5-9-7-15-9/h9,13H,4-7H2,1-3H3. The minimum Gasteiger partial charge on any atom is -0.442 e. The molecule has 92 valence electrons. The number of hydrogen-bond acceptors (Lipinski definition) is 4. The smallest absolute Gasteiger partial charge is 0.434 e. The summed E-state index contributed by atoms with van der Waals surface area (Å²) in [5.74, 6) is 0. The maximum Gasteiger partial charge on any atom is 0.434 e. The molecule has 0 radical (unpaired) electrons. The molecule has 5 heteroatoms. The van der Waals surface area contributed by atoms with E-state index in [4.69, 9.17) is 14.6 Å². The number of epoxide rings is 1. The van der Waals surface area contributed by atoms with Crippen LogP contribution in [0.5, 0.6) is 0 Å². The number of hydrogen-bond donors (Lipinski definition) is 1. The number of nitrogens with zero attached hydrogens (tertiary/aromatic N) is 1.